The van der Waals surface area contributed by atoms with Crippen LogP contribution < -0.4 is 5.32 Å². The van der Waals surface area contributed by atoms with Crippen LogP contribution in [0.2, 0.25) is 0 Å². The number of benzene rings is 1. The quantitative estimate of drug-likeness (QED) is 0.840. The van der Waals surface area contributed by atoms with E-state index in [9.17, 15) is 18.3 Å². The smallest absolute Gasteiger partial charge is 0.389 e. The fourth-order valence-corrected chi connectivity index (χ4v) is 1.26. The Morgan fingerprint density at radius 1 is 1.29 bits per heavy atom. The predicted octanol–water partition coefficient (Wildman–Crippen LogP) is 2.12. The first-order valence-corrected chi connectivity index (χ1v) is 5.01. The summed E-state index contributed by atoms with van der Waals surface area (Å²) in [6, 6.07) is 4.63. The Labute approximate surface area is 97.2 Å². The lowest BCUT2D eigenvalue weighted by atomic mass is 10.2. The van der Waals surface area contributed by atoms with Gasteiger partial charge >= 0.3 is 6.18 Å². The van der Waals surface area contributed by atoms with Gasteiger partial charge in [0.2, 0.25) is 0 Å². The monoisotopic (exact) mass is 249 g/mol. The summed E-state index contributed by atoms with van der Waals surface area (Å²) in [4.78, 5) is 0. The van der Waals surface area contributed by atoms with Crippen molar-refractivity contribution in [2.24, 2.45) is 0 Å². The molecular weight excluding hydrogens is 235 g/mol. The summed E-state index contributed by atoms with van der Waals surface area (Å²) in [7, 11) is 1.46. The molecule has 0 bridgehead atoms. The summed E-state index contributed by atoms with van der Waals surface area (Å²) in [6.45, 7) is 0.396. The number of aliphatic hydroxyl groups is 1. The molecule has 0 amide bonds. The molecule has 96 valence electrons. The minimum Gasteiger partial charge on any atom is -0.389 e. The molecular formula is C11H14F3NO2. The number of anilines is 1. The van der Waals surface area contributed by atoms with Crippen LogP contribution in [0.5, 0.6) is 0 Å². The molecule has 1 rings (SSSR count). The number of aliphatic hydroxyl groups excluding tert-OH is 1. The van der Waals surface area contributed by atoms with Gasteiger partial charge in [0.1, 0.15) is 0 Å². The second-order valence-electron chi connectivity index (χ2n) is 3.57. The summed E-state index contributed by atoms with van der Waals surface area (Å²) in [6.07, 6.45) is -5.02. The van der Waals surface area contributed by atoms with Gasteiger partial charge < -0.3 is 15.2 Å². The molecule has 3 nitrogen and oxygen atoms in total. The highest BCUT2D eigenvalue weighted by molar-refractivity contribution is 5.45. The van der Waals surface area contributed by atoms with Crippen molar-refractivity contribution >= 4 is 5.69 Å². The fraction of sp³-hybridized carbons (Fsp3) is 0.455. The van der Waals surface area contributed by atoms with Crippen molar-refractivity contribution < 1.29 is 23.0 Å². The normalized spacial score (nSPS) is 13.5. The topological polar surface area (TPSA) is 41.5 Å². The first kappa shape index (κ1) is 13.8. The van der Waals surface area contributed by atoms with E-state index >= 15 is 0 Å². The van der Waals surface area contributed by atoms with E-state index in [2.05, 4.69) is 5.32 Å². The number of nitrogens with one attached hydrogen (secondary N) is 1. The lowest BCUT2D eigenvalue weighted by Crippen LogP contribution is -2.24. The van der Waals surface area contributed by atoms with Gasteiger partial charge in [-0.1, -0.05) is 0 Å². The van der Waals surface area contributed by atoms with Crippen molar-refractivity contribution in [3.05, 3.63) is 29.8 Å². The minimum atomic E-state index is -4.33. The van der Waals surface area contributed by atoms with Gasteiger partial charge in [0, 0.05) is 19.3 Å². The highest BCUT2D eigenvalue weighted by Crippen LogP contribution is 2.29. The molecule has 0 aliphatic carbocycles. The van der Waals surface area contributed by atoms with Crippen LogP contribution in [-0.2, 0) is 10.9 Å². The zero-order valence-electron chi connectivity index (χ0n) is 9.29. The maximum atomic E-state index is 12.3. The van der Waals surface area contributed by atoms with E-state index < -0.39 is 17.8 Å². The van der Waals surface area contributed by atoms with E-state index in [1.165, 1.54) is 19.2 Å². The van der Waals surface area contributed by atoms with Crippen molar-refractivity contribution in [2.45, 2.75) is 12.3 Å². The highest BCUT2D eigenvalue weighted by atomic mass is 19.4. The number of hydrogen-bond acceptors (Lipinski definition) is 3. The molecule has 6 heteroatoms. The number of hydrogen-bond donors (Lipinski definition) is 2. The molecule has 0 aliphatic rings. The maximum Gasteiger partial charge on any atom is 0.416 e. The first-order valence-electron chi connectivity index (χ1n) is 5.01. The Bertz CT molecular complexity index is 338. The summed E-state index contributed by atoms with van der Waals surface area (Å²) >= 11 is 0. The van der Waals surface area contributed by atoms with Crippen LogP contribution in [-0.4, -0.2) is 31.5 Å². The second kappa shape index (κ2) is 5.88. The number of ether oxygens (including phenoxy) is 1. The SMILES string of the molecule is COCC(O)CNc1ccc(C(F)(F)F)cc1. The van der Waals surface area contributed by atoms with Crippen LogP contribution in [0.1, 0.15) is 5.56 Å². The summed E-state index contributed by atoms with van der Waals surface area (Å²) in [5, 5.41) is 12.1. The summed E-state index contributed by atoms with van der Waals surface area (Å²) in [5.41, 5.74) is -0.173. The Balaban J connectivity index is 2.51. The van der Waals surface area contributed by atoms with Gasteiger partial charge in [-0.2, -0.15) is 13.2 Å². The molecule has 0 heterocycles. The zero-order chi connectivity index (χ0) is 12.9. The van der Waals surface area contributed by atoms with Crippen molar-refractivity contribution in [1.82, 2.24) is 0 Å². The van der Waals surface area contributed by atoms with Crippen molar-refractivity contribution in [3.8, 4) is 0 Å². The van der Waals surface area contributed by atoms with E-state index in [-0.39, 0.29) is 13.2 Å². The number of rotatable bonds is 5. The Hall–Kier alpha value is -1.27. The summed E-state index contributed by atoms with van der Waals surface area (Å²) < 4.78 is 41.5. The molecule has 1 atom stereocenters. The van der Waals surface area contributed by atoms with Crippen molar-refractivity contribution in [2.75, 3.05) is 25.6 Å². The van der Waals surface area contributed by atoms with Gasteiger partial charge in [0.05, 0.1) is 18.3 Å². The van der Waals surface area contributed by atoms with Gasteiger partial charge in [-0.15, -0.1) is 0 Å². The third-order valence-corrected chi connectivity index (χ3v) is 2.11. The lowest BCUT2D eigenvalue weighted by Gasteiger charge is -2.12. The third kappa shape index (κ3) is 4.62. The molecule has 0 fully saturated rings. The molecule has 1 aromatic carbocycles. The highest BCUT2D eigenvalue weighted by Gasteiger charge is 2.29. The van der Waals surface area contributed by atoms with E-state index in [1.54, 1.807) is 0 Å². The second-order valence-corrected chi connectivity index (χ2v) is 3.57. The molecule has 17 heavy (non-hydrogen) atoms. The molecule has 0 saturated carbocycles. The van der Waals surface area contributed by atoms with E-state index in [0.29, 0.717) is 5.69 Å². The minimum absolute atomic E-state index is 0.174. The Kier molecular flexibility index (Phi) is 4.77. The first-order chi connectivity index (χ1) is 7.93. The van der Waals surface area contributed by atoms with Crippen LogP contribution >= 0.6 is 0 Å². The molecule has 1 aromatic rings. The molecule has 0 aliphatic heterocycles. The molecule has 1 unspecified atom stereocenters. The van der Waals surface area contributed by atoms with Gasteiger partial charge in [-0.3, -0.25) is 0 Å². The lowest BCUT2D eigenvalue weighted by molar-refractivity contribution is -0.137. The molecule has 0 aromatic heterocycles. The molecule has 0 radical (unpaired) electrons. The Morgan fingerprint density at radius 3 is 2.35 bits per heavy atom. The van der Waals surface area contributed by atoms with E-state index in [0.717, 1.165) is 12.1 Å². The van der Waals surface area contributed by atoms with Crippen molar-refractivity contribution in [3.63, 3.8) is 0 Å². The van der Waals surface area contributed by atoms with Crippen molar-refractivity contribution in [1.29, 1.82) is 0 Å². The Morgan fingerprint density at radius 2 is 1.88 bits per heavy atom. The number of alkyl halides is 3. The molecule has 0 spiro atoms. The fourth-order valence-electron chi connectivity index (χ4n) is 1.26. The van der Waals surface area contributed by atoms with Gasteiger partial charge in [0.25, 0.3) is 0 Å². The van der Waals surface area contributed by atoms with Crippen LogP contribution in [0.15, 0.2) is 24.3 Å². The average Bonchev–Trinajstić information content (AvgIpc) is 2.26. The molecule has 0 saturated heterocycles. The van der Waals surface area contributed by atoms with Gasteiger partial charge in [-0.25, -0.2) is 0 Å². The van der Waals surface area contributed by atoms with E-state index in [4.69, 9.17) is 4.74 Å². The largest absolute Gasteiger partial charge is 0.416 e. The van der Waals surface area contributed by atoms with Crippen LogP contribution in [0.25, 0.3) is 0 Å². The van der Waals surface area contributed by atoms with E-state index in [1.807, 2.05) is 0 Å². The standard InChI is InChI=1S/C11H14F3NO2/c1-17-7-10(16)6-15-9-4-2-8(3-5-9)11(12,13)14/h2-5,10,15-16H,6-7H2,1H3. The zero-order valence-corrected chi connectivity index (χ0v) is 9.29. The number of methoxy groups -OCH3 is 1. The van der Waals surface area contributed by atoms with Gasteiger partial charge in [-0.05, 0) is 24.3 Å². The summed E-state index contributed by atoms with van der Waals surface area (Å²) in [5.74, 6) is 0. The third-order valence-electron chi connectivity index (χ3n) is 2.11. The van der Waals surface area contributed by atoms with Gasteiger partial charge in [0.15, 0.2) is 0 Å². The maximum absolute atomic E-state index is 12.3. The number of halogens is 3. The molecule has 2 N–H and O–H groups in total. The van der Waals surface area contributed by atoms with Crippen LogP contribution in [0, 0.1) is 0 Å². The predicted molar refractivity (Wildman–Crippen MR) is 57.8 cm³/mol. The van der Waals surface area contributed by atoms with Crippen LogP contribution in [0.3, 0.4) is 0 Å². The van der Waals surface area contributed by atoms with Crippen LogP contribution in [0.4, 0.5) is 18.9 Å². The average molecular weight is 249 g/mol.